The Morgan fingerprint density at radius 1 is 1.30 bits per heavy atom. The molecule has 0 unspecified atom stereocenters. The number of hydrogen-bond donors (Lipinski definition) is 1. The van der Waals surface area contributed by atoms with Crippen LogP contribution in [0.1, 0.15) is 25.3 Å². The summed E-state index contributed by atoms with van der Waals surface area (Å²) in [6.07, 6.45) is 1.26. The van der Waals surface area contributed by atoms with Gasteiger partial charge in [0.2, 0.25) is 5.91 Å². The van der Waals surface area contributed by atoms with E-state index in [0.717, 1.165) is 12.0 Å². The van der Waals surface area contributed by atoms with Crippen molar-refractivity contribution in [2.45, 2.75) is 26.3 Å². The van der Waals surface area contributed by atoms with E-state index in [1.807, 2.05) is 42.2 Å². The molecule has 0 radical (unpaired) electrons. The Morgan fingerprint density at radius 3 is 2.60 bits per heavy atom. The van der Waals surface area contributed by atoms with Crippen LogP contribution < -0.4 is 5.73 Å². The quantitative estimate of drug-likeness (QED) is 0.711. The van der Waals surface area contributed by atoms with Crippen molar-refractivity contribution in [3.05, 3.63) is 35.9 Å². The zero-order chi connectivity index (χ0) is 13.9. The monoisotopic (exact) mass is 300 g/mol. The lowest BCUT2D eigenvalue weighted by atomic mass is 10.2. The Kier molecular flexibility index (Phi) is 11.1. The van der Waals surface area contributed by atoms with Crippen molar-refractivity contribution in [3.8, 4) is 0 Å². The predicted molar refractivity (Wildman–Crippen MR) is 83.9 cm³/mol. The summed E-state index contributed by atoms with van der Waals surface area (Å²) in [5.74, 6) is 0.130. The van der Waals surface area contributed by atoms with Crippen molar-refractivity contribution in [1.82, 2.24) is 4.90 Å². The van der Waals surface area contributed by atoms with Gasteiger partial charge in [-0.3, -0.25) is 4.79 Å². The highest BCUT2D eigenvalue weighted by molar-refractivity contribution is 5.85. The van der Waals surface area contributed by atoms with Crippen LogP contribution in [0.5, 0.6) is 0 Å². The van der Waals surface area contributed by atoms with E-state index in [-0.39, 0.29) is 18.3 Å². The van der Waals surface area contributed by atoms with E-state index in [9.17, 15) is 4.79 Å². The summed E-state index contributed by atoms with van der Waals surface area (Å²) in [6.45, 7) is 5.02. The minimum atomic E-state index is 0. The molecule has 0 bridgehead atoms. The highest BCUT2D eigenvalue weighted by atomic mass is 35.5. The van der Waals surface area contributed by atoms with Crippen LogP contribution in [0.3, 0.4) is 0 Å². The molecule has 114 valence electrons. The van der Waals surface area contributed by atoms with Crippen LogP contribution in [-0.4, -0.2) is 37.1 Å². The number of benzene rings is 1. The van der Waals surface area contributed by atoms with Gasteiger partial charge in [-0.25, -0.2) is 0 Å². The summed E-state index contributed by atoms with van der Waals surface area (Å²) in [7, 11) is 0. The number of rotatable bonds is 9. The van der Waals surface area contributed by atoms with Crippen LogP contribution in [0.4, 0.5) is 0 Å². The molecule has 0 aromatic heterocycles. The third kappa shape index (κ3) is 7.48. The zero-order valence-corrected chi connectivity index (χ0v) is 12.9. The maximum atomic E-state index is 12.1. The molecule has 1 aromatic carbocycles. The van der Waals surface area contributed by atoms with E-state index < -0.39 is 0 Å². The largest absolute Gasteiger partial charge is 0.381 e. The highest BCUT2D eigenvalue weighted by Crippen LogP contribution is 2.07. The van der Waals surface area contributed by atoms with Crippen molar-refractivity contribution in [3.63, 3.8) is 0 Å². The maximum Gasteiger partial charge on any atom is 0.225 e. The molecule has 0 aliphatic rings. The second-order valence-electron chi connectivity index (χ2n) is 4.39. The molecule has 0 fully saturated rings. The summed E-state index contributed by atoms with van der Waals surface area (Å²) >= 11 is 0. The van der Waals surface area contributed by atoms with Gasteiger partial charge in [-0.2, -0.15) is 0 Å². The van der Waals surface area contributed by atoms with E-state index in [2.05, 4.69) is 0 Å². The van der Waals surface area contributed by atoms with Gasteiger partial charge in [0.05, 0.1) is 13.0 Å². The molecule has 0 aliphatic carbocycles. The van der Waals surface area contributed by atoms with Gasteiger partial charge in [0.1, 0.15) is 0 Å². The average molecular weight is 301 g/mol. The zero-order valence-electron chi connectivity index (χ0n) is 12.1. The first kappa shape index (κ1) is 18.9. The molecule has 0 saturated heterocycles. The molecule has 4 nitrogen and oxygen atoms in total. The first-order chi connectivity index (χ1) is 9.27. The summed E-state index contributed by atoms with van der Waals surface area (Å²) in [5.41, 5.74) is 6.67. The molecule has 0 aliphatic heterocycles. The van der Waals surface area contributed by atoms with Crippen molar-refractivity contribution >= 4 is 18.3 Å². The minimum absolute atomic E-state index is 0. The van der Waals surface area contributed by atoms with Crippen LogP contribution in [0.15, 0.2) is 30.3 Å². The highest BCUT2D eigenvalue weighted by Gasteiger charge is 2.13. The maximum absolute atomic E-state index is 12.1. The number of carbonyl (C=O) groups excluding carboxylic acids is 1. The topological polar surface area (TPSA) is 55.6 Å². The smallest absolute Gasteiger partial charge is 0.225 e. The fourth-order valence-corrected chi connectivity index (χ4v) is 1.84. The lowest BCUT2D eigenvalue weighted by molar-refractivity contribution is -0.133. The van der Waals surface area contributed by atoms with Crippen molar-refractivity contribution in [2.24, 2.45) is 5.73 Å². The van der Waals surface area contributed by atoms with Crippen LogP contribution in [0.2, 0.25) is 0 Å². The summed E-state index contributed by atoms with van der Waals surface area (Å²) < 4.78 is 5.24. The molecular weight excluding hydrogens is 276 g/mol. The van der Waals surface area contributed by atoms with Crippen LogP contribution in [0, 0.1) is 0 Å². The number of ether oxygens (including phenoxy) is 1. The lowest BCUT2D eigenvalue weighted by Crippen LogP contribution is -2.33. The molecule has 1 amide bonds. The van der Waals surface area contributed by atoms with E-state index >= 15 is 0 Å². The molecule has 1 aromatic rings. The van der Waals surface area contributed by atoms with Gasteiger partial charge in [-0.1, -0.05) is 30.3 Å². The molecule has 0 heterocycles. The summed E-state index contributed by atoms with van der Waals surface area (Å²) in [6, 6.07) is 10.0. The Morgan fingerprint density at radius 2 is 2.00 bits per heavy atom. The molecular formula is C15H25ClN2O2. The number of amides is 1. The molecule has 1 rings (SSSR count). The predicted octanol–water partition coefficient (Wildman–Crippen LogP) is 2.21. The van der Waals surface area contributed by atoms with Gasteiger partial charge < -0.3 is 15.4 Å². The first-order valence-electron chi connectivity index (χ1n) is 6.87. The standard InChI is InChI=1S/C15H24N2O2.ClH/c1-2-19-12-9-15(18)17(11-6-10-16)13-14-7-4-3-5-8-14;/h3-5,7-8H,2,6,9-13,16H2,1H3;1H. The normalized spacial score (nSPS) is 9.90. The van der Waals surface area contributed by atoms with Crippen molar-refractivity contribution in [1.29, 1.82) is 0 Å². The van der Waals surface area contributed by atoms with Crippen LogP contribution >= 0.6 is 12.4 Å². The molecule has 2 N–H and O–H groups in total. The third-order valence-electron chi connectivity index (χ3n) is 2.87. The van der Waals surface area contributed by atoms with E-state index in [1.165, 1.54) is 0 Å². The van der Waals surface area contributed by atoms with E-state index in [0.29, 0.717) is 39.3 Å². The third-order valence-corrected chi connectivity index (χ3v) is 2.87. The fourth-order valence-electron chi connectivity index (χ4n) is 1.84. The van der Waals surface area contributed by atoms with Gasteiger partial charge in [0.15, 0.2) is 0 Å². The van der Waals surface area contributed by atoms with Crippen LogP contribution in [0.25, 0.3) is 0 Å². The molecule has 0 saturated carbocycles. The Bertz CT molecular complexity index is 360. The molecule has 20 heavy (non-hydrogen) atoms. The van der Waals surface area contributed by atoms with Crippen molar-refractivity contribution < 1.29 is 9.53 Å². The van der Waals surface area contributed by atoms with Crippen LogP contribution in [-0.2, 0) is 16.1 Å². The van der Waals surface area contributed by atoms with E-state index in [4.69, 9.17) is 10.5 Å². The Hall–Kier alpha value is -1.10. The van der Waals surface area contributed by atoms with Gasteiger partial charge in [-0.15, -0.1) is 12.4 Å². The summed E-state index contributed by atoms with van der Waals surface area (Å²) in [5, 5.41) is 0. The van der Waals surface area contributed by atoms with Gasteiger partial charge in [0, 0.05) is 19.7 Å². The number of carbonyl (C=O) groups is 1. The van der Waals surface area contributed by atoms with Crippen molar-refractivity contribution in [2.75, 3.05) is 26.3 Å². The van der Waals surface area contributed by atoms with Gasteiger partial charge in [-0.05, 0) is 25.5 Å². The Balaban J connectivity index is 0.00000361. The SMILES string of the molecule is CCOCCC(=O)N(CCCN)Cc1ccccc1.Cl. The average Bonchev–Trinajstić information content (AvgIpc) is 2.44. The van der Waals surface area contributed by atoms with Gasteiger partial charge in [0.25, 0.3) is 0 Å². The summed E-state index contributed by atoms with van der Waals surface area (Å²) in [4.78, 5) is 14.0. The van der Waals surface area contributed by atoms with Gasteiger partial charge >= 0.3 is 0 Å². The molecule has 0 spiro atoms. The minimum Gasteiger partial charge on any atom is -0.381 e. The second kappa shape index (κ2) is 11.7. The molecule has 0 atom stereocenters. The molecule has 5 heteroatoms. The Labute approximate surface area is 127 Å². The number of hydrogen-bond acceptors (Lipinski definition) is 3. The second-order valence-corrected chi connectivity index (χ2v) is 4.39. The number of nitrogens with two attached hydrogens (primary N) is 1. The first-order valence-corrected chi connectivity index (χ1v) is 6.87. The number of halogens is 1. The fraction of sp³-hybridized carbons (Fsp3) is 0.533. The lowest BCUT2D eigenvalue weighted by Gasteiger charge is -2.22. The van der Waals surface area contributed by atoms with E-state index in [1.54, 1.807) is 0 Å². The number of nitrogens with zero attached hydrogens (tertiary/aromatic N) is 1.